The van der Waals surface area contributed by atoms with Gasteiger partial charge in [-0.1, -0.05) is 44.0 Å². The van der Waals surface area contributed by atoms with Crippen LogP contribution in [-0.4, -0.2) is 21.0 Å². The van der Waals surface area contributed by atoms with Crippen molar-refractivity contribution < 1.29 is 12.8 Å². The van der Waals surface area contributed by atoms with E-state index in [0.29, 0.717) is 16.6 Å². The first-order chi connectivity index (χ1) is 14.1. The summed E-state index contributed by atoms with van der Waals surface area (Å²) in [5, 5.41) is 3.36. The normalized spacial score (nSPS) is 23.1. The van der Waals surface area contributed by atoms with Crippen LogP contribution in [0.25, 0.3) is 0 Å². The smallest absolute Gasteiger partial charge is 0.240 e. The highest BCUT2D eigenvalue weighted by atomic mass is 79.9. The largest absolute Gasteiger partial charge is 0.378 e. The summed E-state index contributed by atoms with van der Waals surface area (Å²) in [6.07, 6.45) is 3.24. The van der Waals surface area contributed by atoms with Crippen LogP contribution in [0.3, 0.4) is 0 Å². The Kier molecular flexibility index (Phi) is 5.89. The first kappa shape index (κ1) is 22.0. The van der Waals surface area contributed by atoms with E-state index in [1.165, 1.54) is 6.07 Å². The lowest BCUT2D eigenvalue weighted by Crippen LogP contribution is -2.45. The maximum Gasteiger partial charge on any atom is 0.240 e. The number of hydrogen-bond acceptors (Lipinski definition) is 3. The minimum atomic E-state index is -3.65. The van der Waals surface area contributed by atoms with Gasteiger partial charge in [0.1, 0.15) is 5.82 Å². The molecule has 2 aromatic rings. The van der Waals surface area contributed by atoms with Crippen molar-refractivity contribution in [3.8, 4) is 0 Å². The second kappa shape index (κ2) is 8.04. The second-order valence-electron chi connectivity index (χ2n) is 8.03. The highest BCUT2D eigenvalue weighted by molar-refractivity contribution is 9.10. The van der Waals surface area contributed by atoms with Crippen molar-refractivity contribution in [1.82, 2.24) is 4.72 Å². The van der Waals surface area contributed by atoms with E-state index in [1.807, 2.05) is 13.0 Å². The van der Waals surface area contributed by atoms with Crippen molar-refractivity contribution in [2.75, 3.05) is 11.9 Å². The van der Waals surface area contributed by atoms with Crippen LogP contribution in [0.15, 0.2) is 56.3 Å². The van der Waals surface area contributed by atoms with Gasteiger partial charge >= 0.3 is 0 Å². The summed E-state index contributed by atoms with van der Waals surface area (Å²) in [7, 11) is -3.65. The number of fused-ring (bicyclic) bond motifs is 3. The van der Waals surface area contributed by atoms with Crippen LogP contribution in [-0.2, 0) is 15.4 Å². The van der Waals surface area contributed by atoms with Gasteiger partial charge < -0.3 is 5.32 Å². The highest BCUT2D eigenvalue weighted by Gasteiger charge is 2.50. The van der Waals surface area contributed by atoms with E-state index < -0.39 is 15.4 Å². The Hall–Kier alpha value is -1.22. The molecule has 2 N–H and O–H groups in total. The lowest BCUT2D eigenvalue weighted by molar-refractivity contribution is 0.344. The monoisotopic (exact) mass is 556 g/mol. The first-order valence-electron chi connectivity index (χ1n) is 9.85. The van der Waals surface area contributed by atoms with Crippen LogP contribution >= 0.6 is 31.9 Å². The van der Waals surface area contributed by atoms with Crippen molar-refractivity contribution >= 4 is 47.6 Å². The van der Waals surface area contributed by atoms with Gasteiger partial charge in [0.15, 0.2) is 0 Å². The van der Waals surface area contributed by atoms with E-state index in [-0.39, 0.29) is 23.3 Å². The molecule has 0 spiro atoms. The van der Waals surface area contributed by atoms with Crippen LogP contribution < -0.4 is 10.0 Å². The van der Waals surface area contributed by atoms with Gasteiger partial charge in [0.05, 0.1) is 10.6 Å². The van der Waals surface area contributed by atoms with Crippen molar-refractivity contribution in [3.63, 3.8) is 0 Å². The predicted molar refractivity (Wildman–Crippen MR) is 125 cm³/mol. The van der Waals surface area contributed by atoms with Crippen molar-refractivity contribution in [2.45, 2.75) is 49.0 Å². The van der Waals surface area contributed by atoms with Gasteiger partial charge in [-0.3, -0.25) is 0 Å². The van der Waals surface area contributed by atoms with E-state index in [9.17, 15) is 12.8 Å². The number of nitrogens with one attached hydrogen (secondary N) is 2. The minimum Gasteiger partial charge on any atom is -0.378 e. The number of sulfonamides is 1. The SMILES string of the molecule is C=C1CCCC2Nc3c(F)cc(Br)cc3C12CCNS(=O)(=O)c1ccc(Br)c(C)c1. The van der Waals surface area contributed by atoms with Gasteiger partial charge in [-0.2, -0.15) is 0 Å². The van der Waals surface area contributed by atoms with Gasteiger partial charge in [0, 0.05) is 26.9 Å². The molecule has 2 unspecified atom stereocenters. The molecule has 160 valence electrons. The molecule has 1 saturated carbocycles. The van der Waals surface area contributed by atoms with E-state index >= 15 is 0 Å². The van der Waals surface area contributed by atoms with Crippen molar-refractivity contribution in [3.05, 3.63) is 68.4 Å². The van der Waals surface area contributed by atoms with Crippen LogP contribution in [0, 0.1) is 12.7 Å². The molecule has 0 saturated heterocycles. The Morgan fingerprint density at radius 1 is 1.30 bits per heavy atom. The molecule has 0 amide bonds. The summed E-state index contributed by atoms with van der Waals surface area (Å²) in [5.41, 5.74) is 2.77. The third kappa shape index (κ3) is 3.66. The summed E-state index contributed by atoms with van der Waals surface area (Å²) in [6, 6.07) is 8.37. The molecule has 0 bridgehead atoms. The fourth-order valence-corrected chi connectivity index (χ4v) is 6.58. The number of rotatable bonds is 5. The number of halogens is 3. The van der Waals surface area contributed by atoms with Crippen LogP contribution in [0.5, 0.6) is 0 Å². The summed E-state index contributed by atoms with van der Waals surface area (Å²) in [5.74, 6) is -0.299. The summed E-state index contributed by atoms with van der Waals surface area (Å²) < 4.78 is 44.6. The molecule has 4 rings (SSSR count). The molecule has 1 aliphatic heterocycles. The van der Waals surface area contributed by atoms with E-state index in [0.717, 1.165) is 40.4 Å². The Bertz CT molecular complexity index is 1140. The van der Waals surface area contributed by atoms with Crippen molar-refractivity contribution in [2.24, 2.45) is 0 Å². The van der Waals surface area contributed by atoms with Crippen LogP contribution in [0.1, 0.15) is 36.8 Å². The fraction of sp³-hybridized carbons (Fsp3) is 0.364. The molecule has 2 atom stereocenters. The average molecular weight is 558 g/mol. The Labute approximate surface area is 193 Å². The van der Waals surface area contributed by atoms with Gasteiger partial charge in [-0.15, -0.1) is 0 Å². The molecular weight excluding hydrogens is 535 g/mol. The molecule has 30 heavy (non-hydrogen) atoms. The molecule has 1 fully saturated rings. The standard InChI is InChI=1S/C22H23Br2FN2O2S/c1-13-10-16(6-7-18(13)24)30(28,29)26-9-8-22-14(2)4-3-5-20(22)27-21-17(22)11-15(23)12-19(21)25/h6-7,10-12,20,26-27H,2-5,8-9H2,1H3. The molecule has 1 heterocycles. The zero-order chi connectivity index (χ0) is 21.7. The Morgan fingerprint density at radius 2 is 2.07 bits per heavy atom. The lowest BCUT2D eigenvalue weighted by Gasteiger charge is -2.42. The summed E-state index contributed by atoms with van der Waals surface area (Å²) >= 11 is 6.80. The molecular formula is C22H23Br2FN2O2S. The number of aryl methyl sites for hydroxylation is 1. The predicted octanol–water partition coefficient (Wildman–Crippen LogP) is 5.80. The Morgan fingerprint density at radius 3 is 2.80 bits per heavy atom. The van der Waals surface area contributed by atoms with Gasteiger partial charge in [-0.25, -0.2) is 17.5 Å². The maximum atomic E-state index is 14.7. The van der Waals surface area contributed by atoms with Gasteiger partial charge in [0.25, 0.3) is 0 Å². The lowest BCUT2D eigenvalue weighted by atomic mass is 9.63. The second-order valence-corrected chi connectivity index (χ2v) is 11.6. The van der Waals surface area contributed by atoms with Gasteiger partial charge in [0.2, 0.25) is 10.0 Å². The third-order valence-electron chi connectivity index (χ3n) is 6.30. The van der Waals surface area contributed by atoms with Crippen LogP contribution in [0.4, 0.5) is 10.1 Å². The van der Waals surface area contributed by atoms with Gasteiger partial charge in [-0.05, 0) is 74.1 Å². The topological polar surface area (TPSA) is 58.2 Å². The van der Waals surface area contributed by atoms with Crippen molar-refractivity contribution in [1.29, 1.82) is 0 Å². The first-order valence-corrected chi connectivity index (χ1v) is 12.9. The molecule has 0 radical (unpaired) electrons. The molecule has 4 nitrogen and oxygen atoms in total. The zero-order valence-corrected chi connectivity index (χ0v) is 20.6. The number of hydrogen-bond donors (Lipinski definition) is 2. The quantitative estimate of drug-likeness (QED) is 0.457. The minimum absolute atomic E-state index is 0.0111. The molecule has 0 aromatic heterocycles. The number of benzene rings is 2. The van der Waals surface area contributed by atoms with Crippen LogP contribution in [0.2, 0.25) is 0 Å². The summed E-state index contributed by atoms with van der Waals surface area (Å²) in [6.45, 7) is 6.41. The van der Waals surface area contributed by atoms with E-state index in [4.69, 9.17) is 0 Å². The number of anilines is 1. The molecule has 8 heteroatoms. The van der Waals surface area contributed by atoms with E-state index in [1.54, 1.807) is 18.2 Å². The third-order valence-corrected chi connectivity index (χ3v) is 9.11. The van der Waals surface area contributed by atoms with E-state index in [2.05, 4.69) is 48.5 Å². The Balaban J connectivity index is 1.62. The average Bonchev–Trinajstić information content (AvgIpc) is 3.00. The zero-order valence-electron chi connectivity index (χ0n) is 16.6. The summed E-state index contributed by atoms with van der Waals surface area (Å²) in [4.78, 5) is 0.235. The molecule has 2 aliphatic rings. The highest BCUT2D eigenvalue weighted by Crippen LogP contribution is 2.54. The molecule has 1 aliphatic carbocycles. The fourth-order valence-electron chi connectivity index (χ4n) is 4.79. The molecule has 2 aromatic carbocycles. The maximum absolute atomic E-state index is 14.7.